The molecule has 2 amide bonds. The third kappa shape index (κ3) is 5.03. The van der Waals surface area contributed by atoms with Crippen molar-refractivity contribution >= 4 is 12.0 Å². The summed E-state index contributed by atoms with van der Waals surface area (Å²) in [6.07, 6.45) is 9.29. The van der Waals surface area contributed by atoms with Crippen molar-refractivity contribution < 1.29 is 14.3 Å². The molecular formula is C21H35N3O3. The molecule has 3 aliphatic rings. The smallest absolute Gasteiger partial charge is 0.410 e. The number of rotatable bonds is 3. The second-order valence-corrected chi connectivity index (χ2v) is 9.15. The van der Waals surface area contributed by atoms with E-state index in [9.17, 15) is 9.59 Å². The van der Waals surface area contributed by atoms with Gasteiger partial charge in [0.2, 0.25) is 5.91 Å². The second kappa shape index (κ2) is 8.21. The summed E-state index contributed by atoms with van der Waals surface area (Å²) < 4.78 is 5.48. The molecule has 2 aliphatic heterocycles. The molecule has 1 saturated heterocycles. The Morgan fingerprint density at radius 3 is 2.37 bits per heavy atom. The number of hydrogen-bond donors (Lipinski definition) is 0. The van der Waals surface area contributed by atoms with Crippen LogP contribution < -0.4 is 0 Å². The van der Waals surface area contributed by atoms with Crippen LogP contribution in [0.2, 0.25) is 0 Å². The molecule has 0 spiro atoms. The summed E-state index contributed by atoms with van der Waals surface area (Å²) in [5.74, 6) is 0.904. The zero-order valence-corrected chi connectivity index (χ0v) is 17.4. The van der Waals surface area contributed by atoms with Crippen molar-refractivity contribution in [2.24, 2.45) is 5.92 Å². The number of carbonyl (C=O) groups excluding carboxylic acids is 2. The molecule has 1 saturated carbocycles. The minimum absolute atomic E-state index is 0.210. The van der Waals surface area contributed by atoms with Crippen LogP contribution in [0.15, 0.2) is 11.6 Å². The van der Waals surface area contributed by atoms with Crippen LogP contribution in [0, 0.1) is 5.92 Å². The third-order valence-electron chi connectivity index (χ3n) is 6.07. The molecule has 0 atom stereocenters. The van der Waals surface area contributed by atoms with Gasteiger partial charge >= 0.3 is 6.09 Å². The molecule has 0 N–H and O–H groups in total. The zero-order valence-electron chi connectivity index (χ0n) is 17.4. The zero-order chi connectivity index (χ0) is 19.6. The maximum Gasteiger partial charge on any atom is 0.410 e. The highest BCUT2D eigenvalue weighted by atomic mass is 16.6. The van der Waals surface area contributed by atoms with E-state index < -0.39 is 5.60 Å². The van der Waals surface area contributed by atoms with Crippen molar-refractivity contribution in [1.29, 1.82) is 0 Å². The Balaban J connectivity index is 1.47. The summed E-state index contributed by atoms with van der Waals surface area (Å²) in [5, 5.41) is 4.15. The lowest BCUT2D eigenvalue weighted by molar-refractivity contribution is -0.145. The SMILES string of the molecule is CN(C1CCC(C2=CCN(C(=O)OC(C)(C)C)CC2)CC1)N1CCCC1=O. The number of nitrogens with zero attached hydrogens (tertiary/aromatic N) is 3. The van der Waals surface area contributed by atoms with Crippen LogP contribution in [0.5, 0.6) is 0 Å². The number of carbonyl (C=O) groups is 2. The van der Waals surface area contributed by atoms with Crippen molar-refractivity contribution in [1.82, 2.24) is 14.9 Å². The molecule has 3 rings (SSSR count). The van der Waals surface area contributed by atoms with Crippen molar-refractivity contribution in [2.45, 2.75) is 77.4 Å². The Morgan fingerprint density at radius 1 is 1.15 bits per heavy atom. The van der Waals surface area contributed by atoms with E-state index in [1.165, 1.54) is 18.4 Å². The molecular weight excluding hydrogens is 342 g/mol. The Morgan fingerprint density at radius 2 is 1.85 bits per heavy atom. The molecule has 152 valence electrons. The fraction of sp³-hybridized carbons (Fsp3) is 0.810. The van der Waals surface area contributed by atoms with Gasteiger partial charge in [-0.05, 0) is 65.2 Å². The first-order chi connectivity index (χ1) is 12.7. The Kier molecular flexibility index (Phi) is 6.14. The van der Waals surface area contributed by atoms with Crippen molar-refractivity contribution in [3.63, 3.8) is 0 Å². The van der Waals surface area contributed by atoms with Gasteiger partial charge in [-0.2, -0.15) is 0 Å². The van der Waals surface area contributed by atoms with Crippen LogP contribution >= 0.6 is 0 Å². The number of hydrogen-bond acceptors (Lipinski definition) is 4. The van der Waals surface area contributed by atoms with Gasteiger partial charge in [0.05, 0.1) is 0 Å². The quantitative estimate of drug-likeness (QED) is 0.706. The fourth-order valence-electron chi connectivity index (χ4n) is 4.53. The highest BCUT2D eigenvalue weighted by Gasteiger charge is 2.33. The van der Waals surface area contributed by atoms with Gasteiger partial charge in [0.1, 0.15) is 5.60 Å². The van der Waals surface area contributed by atoms with E-state index in [2.05, 4.69) is 18.1 Å². The first kappa shape index (κ1) is 20.2. The molecule has 2 fully saturated rings. The number of ether oxygens (including phenoxy) is 1. The van der Waals surface area contributed by atoms with Gasteiger partial charge in [-0.15, -0.1) is 0 Å². The van der Waals surface area contributed by atoms with Crippen LogP contribution in [0.1, 0.15) is 65.7 Å². The van der Waals surface area contributed by atoms with E-state index in [1.807, 2.05) is 25.8 Å². The lowest BCUT2D eigenvalue weighted by Crippen LogP contribution is -2.48. The van der Waals surface area contributed by atoms with Gasteiger partial charge in [-0.3, -0.25) is 9.80 Å². The largest absolute Gasteiger partial charge is 0.444 e. The molecule has 0 radical (unpaired) electrons. The maximum absolute atomic E-state index is 12.2. The van der Waals surface area contributed by atoms with E-state index in [-0.39, 0.29) is 12.0 Å². The minimum atomic E-state index is -0.442. The maximum atomic E-state index is 12.2. The second-order valence-electron chi connectivity index (χ2n) is 9.15. The predicted molar refractivity (Wildman–Crippen MR) is 105 cm³/mol. The van der Waals surface area contributed by atoms with E-state index in [0.29, 0.717) is 24.9 Å². The van der Waals surface area contributed by atoms with Crippen LogP contribution in [0.3, 0.4) is 0 Å². The van der Waals surface area contributed by atoms with Crippen LogP contribution in [-0.4, -0.2) is 65.2 Å². The van der Waals surface area contributed by atoms with Gasteiger partial charge < -0.3 is 9.64 Å². The predicted octanol–water partition coefficient (Wildman–Crippen LogP) is 3.58. The van der Waals surface area contributed by atoms with Crippen molar-refractivity contribution in [3.8, 4) is 0 Å². The molecule has 0 aromatic heterocycles. The molecule has 27 heavy (non-hydrogen) atoms. The van der Waals surface area contributed by atoms with E-state index in [1.54, 1.807) is 4.90 Å². The summed E-state index contributed by atoms with van der Waals surface area (Å²) in [4.78, 5) is 26.0. The molecule has 2 heterocycles. The monoisotopic (exact) mass is 377 g/mol. The number of hydrazine groups is 1. The van der Waals surface area contributed by atoms with E-state index in [4.69, 9.17) is 4.74 Å². The average Bonchev–Trinajstić information content (AvgIpc) is 3.06. The van der Waals surface area contributed by atoms with Crippen LogP contribution in [0.4, 0.5) is 4.79 Å². The molecule has 1 aliphatic carbocycles. The van der Waals surface area contributed by atoms with E-state index in [0.717, 1.165) is 38.8 Å². The van der Waals surface area contributed by atoms with Crippen molar-refractivity contribution in [3.05, 3.63) is 11.6 Å². The van der Waals surface area contributed by atoms with E-state index >= 15 is 0 Å². The average molecular weight is 378 g/mol. The lowest BCUT2D eigenvalue weighted by atomic mass is 9.79. The molecule has 0 aromatic rings. The first-order valence-corrected chi connectivity index (χ1v) is 10.4. The normalized spacial score (nSPS) is 27.1. The summed E-state index contributed by atoms with van der Waals surface area (Å²) in [7, 11) is 2.08. The van der Waals surface area contributed by atoms with Gasteiger partial charge in [0.15, 0.2) is 0 Å². The minimum Gasteiger partial charge on any atom is -0.444 e. The molecule has 6 heteroatoms. The highest BCUT2D eigenvalue weighted by Crippen LogP contribution is 2.35. The third-order valence-corrected chi connectivity index (χ3v) is 6.07. The van der Waals surface area contributed by atoms with Gasteiger partial charge in [-0.1, -0.05) is 11.6 Å². The first-order valence-electron chi connectivity index (χ1n) is 10.4. The standard InChI is InChI=1S/C21H35N3O3/c1-21(2,3)27-20(26)23-14-11-17(12-15-23)16-7-9-18(10-8-16)22(4)24-13-5-6-19(24)25/h11,16,18H,5-10,12-15H2,1-4H3. The Bertz CT molecular complexity index is 588. The molecule has 0 unspecified atom stereocenters. The van der Waals surface area contributed by atoms with Crippen molar-refractivity contribution in [2.75, 3.05) is 26.7 Å². The number of amides is 2. The molecule has 0 aromatic carbocycles. The summed E-state index contributed by atoms with van der Waals surface area (Å²) >= 11 is 0. The Hall–Kier alpha value is -1.56. The fourth-order valence-corrected chi connectivity index (χ4v) is 4.53. The molecule has 0 bridgehead atoms. The Labute approximate surface area is 163 Å². The van der Waals surface area contributed by atoms with Gasteiger partial charge in [0.25, 0.3) is 0 Å². The summed E-state index contributed by atoms with van der Waals surface area (Å²) in [5.41, 5.74) is 1.07. The van der Waals surface area contributed by atoms with Crippen LogP contribution in [-0.2, 0) is 9.53 Å². The molecule has 6 nitrogen and oxygen atoms in total. The van der Waals surface area contributed by atoms with Crippen LogP contribution in [0.25, 0.3) is 0 Å². The summed E-state index contributed by atoms with van der Waals surface area (Å²) in [6, 6.07) is 0.478. The topological polar surface area (TPSA) is 53.1 Å². The van der Waals surface area contributed by atoms with Gasteiger partial charge in [-0.25, -0.2) is 9.80 Å². The lowest BCUT2D eigenvalue weighted by Gasteiger charge is -2.40. The van der Waals surface area contributed by atoms with Gasteiger partial charge in [0, 0.05) is 39.1 Å². The summed E-state index contributed by atoms with van der Waals surface area (Å²) in [6.45, 7) is 8.00. The highest BCUT2D eigenvalue weighted by molar-refractivity contribution is 5.77.